The van der Waals surface area contributed by atoms with E-state index < -0.39 is 245 Å². The summed E-state index contributed by atoms with van der Waals surface area (Å²) in [5.41, 5.74) is 0. The van der Waals surface area contributed by atoms with Gasteiger partial charge < -0.3 is 52.1 Å². The fourth-order valence-corrected chi connectivity index (χ4v) is 13.5. The third-order valence-electron chi connectivity index (χ3n) is 21.2. The summed E-state index contributed by atoms with van der Waals surface area (Å²) in [5.74, 6) is -28.7. The van der Waals surface area contributed by atoms with Gasteiger partial charge in [0.2, 0.25) is 13.9 Å². The fourth-order valence-electron chi connectivity index (χ4n) is 13.5. The van der Waals surface area contributed by atoms with E-state index in [0.29, 0.717) is 12.2 Å². The summed E-state index contributed by atoms with van der Waals surface area (Å²) in [6.07, 6.45) is 0.845. The number of nitrogens with zero attached hydrogens (tertiary/aromatic N) is 6. The van der Waals surface area contributed by atoms with E-state index in [2.05, 4.69) is 33.2 Å². The number of halogens is 39. The van der Waals surface area contributed by atoms with Crippen LogP contribution in [0, 0.1) is 0 Å². The average Bonchev–Trinajstić information content (AvgIpc) is 0.793. The lowest BCUT2D eigenvalue weighted by atomic mass is 10.0. The molecule has 0 radical (unpaired) electrons. The molecular formula is C82H137F39N6O11. The summed E-state index contributed by atoms with van der Waals surface area (Å²) in [5, 5.41) is 0.303. The summed E-state index contributed by atoms with van der Waals surface area (Å²) in [6.45, 7) is -6.33. The highest BCUT2D eigenvalue weighted by molar-refractivity contribution is 5.04. The first-order valence-electron chi connectivity index (χ1n) is 44.9. The number of piperazine rings is 1. The standard InChI is InChI=1S/C10H14F7NO.C10H15F6NO3.C10H15F6NO2.C9H11F8NO2.C7H11F5N2O.2C6H12.2C5H10O.2C5H10.C2H3F3.2CH2F2/c1-2-19-10(16,17)8(12,13)9(14,15)18-5-3-7(11)4-6-18;1-18-6-7-20-10(15,16)8(11,12)9(13,14)17-2-4-19-5-3-17;1-6-4-17(5-7(2)19-6)9(13,14)8(11,12)10(15,16)18-3;1-19-9(16,17)6(10,11)7(12,8(13,14)15)18-2-4-20-5-3-18;1-15-7(10,11)6(8,9)13-2-4-14(12)5-3-13;4*1-2-4-6-5-3-1;2*1-2-4-5-3-1;1-2(3,4)5;2*2-1-3/h7H,2-6H2,1H3;2-7H2,1H3;6-7H,4-5H2,1-3H3;2-5H2,1H3;2-5H2,1H3;2*1-6H2;2*1-5H2;2*1-5H2;1H3;2*1H2. The molecule has 834 valence electrons. The molecule has 0 spiro atoms. The average molecular weight is 2120 g/mol. The van der Waals surface area contributed by atoms with Gasteiger partial charge in [0.25, 0.3) is 0 Å². The van der Waals surface area contributed by atoms with Crippen molar-refractivity contribution in [3.8, 4) is 0 Å². The maximum absolute atomic E-state index is 14.1. The van der Waals surface area contributed by atoms with Crippen molar-refractivity contribution >= 4 is 0 Å². The molecule has 3 unspecified atom stereocenters. The largest absolute Gasteiger partial charge is 0.443 e. The lowest BCUT2D eigenvalue weighted by molar-refractivity contribution is -0.441. The van der Waals surface area contributed by atoms with Crippen molar-refractivity contribution in [3.05, 3.63) is 0 Å². The molecule has 11 fully saturated rings. The van der Waals surface area contributed by atoms with Crippen LogP contribution in [0.25, 0.3) is 0 Å². The summed E-state index contributed by atoms with van der Waals surface area (Å²) in [4.78, 5) is -0.366. The molecule has 3 atom stereocenters. The summed E-state index contributed by atoms with van der Waals surface area (Å²) in [7, 11) is 1.93. The topological polar surface area (TPSA) is 121 Å². The van der Waals surface area contributed by atoms with E-state index >= 15 is 0 Å². The minimum atomic E-state index is -6.25. The zero-order valence-electron chi connectivity index (χ0n) is 78.5. The molecule has 7 aliphatic heterocycles. The van der Waals surface area contributed by atoms with E-state index in [4.69, 9.17) is 18.9 Å². The van der Waals surface area contributed by atoms with Crippen LogP contribution in [0.3, 0.4) is 0 Å². The third kappa shape index (κ3) is 48.5. The summed E-state index contributed by atoms with van der Waals surface area (Å²) < 4.78 is 537. The Hall–Kier alpha value is -3.41. The minimum Gasteiger partial charge on any atom is -0.382 e. The van der Waals surface area contributed by atoms with Crippen LogP contribution >= 0.6 is 0 Å². The summed E-state index contributed by atoms with van der Waals surface area (Å²) >= 11 is 0. The minimum absolute atomic E-state index is 0.00123. The van der Waals surface area contributed by atoms with Crippen molar-refractivity contribution in [1.29, 1.82) is 0 Å². The van der Waals surface area contributed by atoms with Crippen molar-refractivity contribution in [2.45, 2.75) is 335 Å². The number of ether oxygens (including phenoxy) is 11. The molecule has 7 heterocycles. The van der Waals surface area contributed by atoms with Crippen molar-refractivity contribution in [3.63, 3.8) is 0 Å². The highest BCUT2D eigenvalue weighted by atomic mass is 19.4. The van der Waals surface area contributed by atoms with Crippen molar-refractivity contribution in [1.82, 2.24) is 29.6 Å². The lowest BCUT2D eigenvalue weighted by Gasteiger charge is -2.45. The van der Waals surface area contributed by atoms with Gasteiger partial charge in [-0.3, -0.25) is 4.90 Å². The quantitative estimate of drug-likeness (QED) is 0.0417. The van der Waals surface area contributed by atoms with Gasteiger partial charge in [-0.1, -0.05) is 141 Å². The second-order valence-corrected chi connectivity index (χ2v) is 32.1. The zero-order chi connectivity index (χ0) is 107. The van der Waals surface area contributed by atoms with E-state index in [1.807, 2.05) is 0 Å². The van der Waals surface area contributed by atoms with Crippen LogP contribution in [0.4, 0.5) is 171 Å². The predicted octanol–water partition coefficient (Wildman–Crippen LogP) is 25.7. The highest BCUT2D eigenvalue weighted by Gasteiger charge is 2.84. The molecule has 0 aromatic heterocycles. The Morgan fingerprint density at radius 3 is 0.797 bits per heavy atom. The van der Waals surface area contributed by atoms with Gasteiger partial charge in [-0.2, -0.15) is 140 Å². The van der Waals surface area contributed by atoms with Gasteiger partial charge >= 0.3 is 96.6 Å². The zero-order valence-corrected chi connectivity index (χ0v) is 78.5. The molecule has 7 saturated heterocycles. The van der Waals surface area contributed by atoms with Gasteiger partial charge in [-0.25, -0.2) is 45.9 Å². The number of hydrogen-bond acceptors (Lipinski definition) is 17. The Balaban J connectivity index is -0.00000148. The molecule has 0 amide bonds. The first-order valence-corrected chi connectivity index (χ1v) is 44.9. The molecule has 56 heteroatoms. The second-order valence-electron chi connectivity index (χ2n) is 32.1. The SMILES string of the molecule is C1CCCC1.C1CCCC1.C1CCCCC1.C1CCCCC1.C1CCOCC1.C1CCOCC1.CC(F)(F)F.CCOC(F)(F)C(F)(F)C(F)(F)N1CCC(F)CC1.COC(F)(F)C(F)(F)C(F)(F)N1CC(C)OC(C)C1.COC(F)(F)C(F)(F)C(F)(N1CCOCC1)C(F)(F)F.COC(F)(F)C(F)(F)N1CCN(F)CC1.COCCOC(F)(F)C(F)(F)C(F)(F)N1CCOCC1.FCF.FCF. The van der Waals surface area contributed by atoms with Gasteiger partial charge in [0.15, 0.2) is 0 Å². The smallest absolute Gasteiger partial charge is 0.382 e. The summed E-state index contributed by atoms with van der Waals surface area (Å²) in [6, 6.07) is -19.6. The van der Waals surface area contributed by atoms with Crippen LogP contribution in [0.2, 0.25) is 0 Å². The van der Waals surface area contributed by atoms with Gasteiger partial charge in [0, 0.05) is 140 Å². The Kier molecular flexibility index (Phi) is 68.5. The molecule has 0 aromatic rings. The molecular weight excluding hydrogens is 1990 g/mol. The Morgan fingerprint density at radius 2 is 0.536 bits per heavy atom. The number of morpholine rings is 3. The van der Waals surface area contributed by atoms with E-state index in [-0.39, 0.29) is 67.0 Å². The van der Waals surface area contributed by atoms with Gasteiger partial charge in [0.05, 0.1) is 58.5 Å². The molecule has 11 aliphatic rings. The number of alkyl halides is 38. The monoisotopic (exact) mass is 2120 g/mol. The number of rotatable bonds is 23. The Bertz CT molecular complexity index is 2800. The number of piperidine rings is 1. The van der Waals surface area contributed by atoms with Crippen molar-refractivity contribution < 1.29 is 223 Å². The fraction of sp³-hybridized carbons (Fsp3) is 1.00. The number of methoxy groups -OCH3 is 4. The molecule has 138 heavy (non-hydrogen) atoms. The Labute approximate surface area is 780 Å². The van der Waals surface area contributed by atoms with Crippen molar-refractivity contribution in [2.24, 2.45) is 0 Å². The van der Waals surface area contributed by atoms with Crippen LogP contribution in [0.5, 0.6) is 0 Å². The molecule has 11 rings (SSSR count). The van der Waals surface area contributed by atoms with Gasteiger partial charge in [-0.15, -0.1) is 9.60 Å². The molecule has 0 N–H and O–H groups in total. The second kappa shape index (κ2) is 68.2. The maximum Gasteiger partial charge on any atom is 0.443 e. The molecule has 4 aliphatic carbocycles. The predicted molar refractivity (Wildman–Crippen MR) is 428 cm³/mol. The van der Waals surface area contributed by atoms with Crippen LogP contribution in [-0.4, -0.2) is 338 Å². The number of likely N-dealkylation sites (tertiary alicyclic amines) is 1. The van der Waals surface area contributed by atoms with Crippen LogP contribution in [0.15, 0.2) is 0 Å². The lowest BCUT2D eigenvalue weighted by Crippen LogP contribution is -2.72. The maximum atomic E-state index is 14.1. The third-order valence-corrected chi connectivity index (χ3v) is 21.2. The first-order chi connectivity index (χ1) is 63.7. The number of hydrogen-bond donors (Lipinski definition) is 0. The van der Waals surface area contributed by atoms with Crippen molar-refractivity contribution in [2.75, 3.05) is 194 Å². The van der Waals surface area contributed by atoms with Crippen LogP contribution < -0.4 is 0 Å². The normalized spacial score (nSPS) is 21.8. The molecule has 0 aromatic carbocycles. The van der Waals surface area contributed by atoms with E-state index in [1.165, 1.54) is 194 Å². The highest BCUT2D eigenvalue weighted by Crippen LogP contribution is 2.56. The Morgan fingerprint density at radius 1 is 0.290 bits per heavy atom. The molecule has 17 nitrogen and oxygen atoms in total. The van der Waals surface area contributed by atoms with Gasteiger partial charge in [-0.05, 0) is 72.1 Å². The van der Waals surface area contributed by atoms with E-state index in [9.17, 15) is 171 Å². The first kappa shape index (κ1) is 139. The molecule has 0 bridgehead atoms. The van der Waals surface area contributed by atoms with E-state index in [0.717, 1.165) is 40.5 Å². The molecule has 4 saturated carbocycles. The van der Waals surface area contributed by atoms with Gasteiger partial charge in [0.1, 0.15) is 6.17 Å². The van der Waals surface area contributed by atoms with E-state index in [1.54, 1.807) is 0 Å². The van der Waals surface area contributed by atoms with Crippen LogP contribution in [0.1, 0.15) is 220 Å². The van der Waals surface area contributed by atoms with Crippen LogP contribution in [-0.2, 0) is 52.1 Å².